The molecule has 7 heteroatoms. The topological polar surface area (TPSA) is 66.0 Å². The number of carbonyl (C=O) groups is 1. The van der Waals surface area contributed by atoms with Crippen molar-refractivity contribution in [1.29, 1.82) is 0 Å². The molecule has 6 nitrogen and oxygen atoms in total. The molecule has 1 N–H and O–H groups in total. The second kappa shape index (κ2) is 12.4. The van der Waals surface area contributed by atoms with Crippen LogP contribution >= 0.6 is 8.30 Å². The number of para-hydroxylation sites is 1. The van der Waals surface area contributed by atoms with Crippen LogP contribution in [0.2, 0.25) is 0 Å². The van der Waals surface area contributed by atoms with Crippen molar-refractivity contribution < 1.29 is 23.5 Å². The number of nitrogens with one attached hydrogen (secondary N) is 1. The fraction of sp³-hybridized carbons (Fsp3) is 0.667. The summed E-state index contributed by atoms with van der Waals surface area (Å²) in [5.74, 6) is 1.26. The van der Waals surface area contributed by atoms with Crippen molar-refractivity contribution in [3.63, 3.8) is 0 Å². The fourth-order valence-corrected chi connectivity index (χ4v) is 3.81. The minimum Gasteiger partial charge on any atom is -0.467 e. The number of hydrogen-bond donors (Lipinski definition) is 1. The van der Waals surface area contributed by atoms with E-state index in [0.29, 0.717) is 18.2 Å². The lowest BCUT2D eigenvalue weighted by Gasteiger charge is -2.24. The highest BCUT2D eigenvalue weighted by Gasteiger charge is 2.22. The third-order valence-electron chi connectivity index (χ3n) is 4.02. The highest BCUT2D eigenvalue weighted by atomic mass is 31.2. The van der Waals surface area contributed by atoms with Crippen LogP contribution in [0.3, 0.4) is 0 Å². The zero-order valence-electron chi connectivity index (χ0n) is 18.4. The summed E-state index contributed by atoms with van der Waals surface area (Å²) in [7, 11) is 0.399. The summed E-state index contributed by atoms with van der Waals surface area (Å²) in [5, 5.41) is 3.15. The van der Waals surface area contributed by atoms with E-state index in [0.717, 1.165) is 16.9 Å². The summed E-state index contributed by atoms with van der Waals surface area (Å²) in [6.45, 7) is 14.1. The van der Waals surface area contributed by atoms with Crippen LogP contribution in [-0.4, -0.2) is 38.4 Å². The quantitative estimate of drug-likeness (QED) is 0.291. The Morgan fingerprint density at radius 3 is 2.07 bits per heavy atom. The molecule has 28 heavy (non-hydrogen) atoms. The summed E-state index contributed by atoms with van der Waals surface area (Å²) in [5.41, 5.74) is 2.32. The maximum Gasteiger partial charge on any atom is 0.323 e. The van der Waals surface area contributed by atoms with Gasteiger partial charge in [0.2, 0.25) is 0 Å². The first kappa shape index (κ1) is 24.8. The van der Waals surface area contributed by atoms with Gasteiger partial charge in [0.25, 0.3) is 0 Å². The van der Waals surface area contributed by atoms with Crippen LogP contribution in [0.1, 0.15) is 71.4 Å². The monoisotopic (exact) mass is 413 g/mol. The van der Waals surface area contributed by atoms with E-state index in [4.69, 9.17) is 18.7 Å². The van der Waals surface area contributed by atoms with Gasteiger partial charge >= 0.3 is 5.97 Å². The average Bonchev–Trinajstić information content (AvgIpc) is 2.60. The SMILES string of the molecule is COCP(NC(C)C(=O)OC(C)C)OCOc1c(C(C)C)cccc1C(C)C. The van der Waals surface area contributed by atoms with Gasteiger partial charge in [0, 0.05) is 7.11 Å². The molecule has 2 atom stereocenters. The third kappa shape index (κ3) is 8.04. The van der Waals surface area contributed by atoms with Crippen molar-refractivity contribution in [2.45, 2.75) is 72.4 Å². The number of methoxy groups -OCH3 is 1. The molecule has 160 valence electrons. The van der Waals surface area contributed by atoms with E-state index in [9.17, 15) is 4.79 Å². The molecule has 0 radical (unpaired) electrons. The first-order chi connectivity index (χ1) is 13.2. The molecule has 0 aliphatic rings. The highest BCUT2D eigenvalue weighted by Crippen LogP contribution is 2.37. The molecule has 0 saturated heterocycles. The number of hydrogen-bond acceptors (Lipinski definition) is 6. The molecular weight excluding hydrogens is 377 g/mol. The standard InChI is InChI=1S/C21H36NO5P/c1-14(2)18-10-9-11-19(15(3)4)20(18)25-12-26-28(13-24-8)22-17(7)21(23)27-16(5)6/h9-11,14-17,22H,12-13H2,1-8H3. The van der Waals surface area contributed by atoms with E-state index in [1.807, 2.05) is 13.8 Å². The Hall–Kier alpha value is -1.20. The van der Waals surface area contributed by atoms with Gasteiger partial charge in [-0.25, -0.2) is 0 Å². The number of carbonyl (C=O) groups excluding carboxylic acids is 1. The van der Waals surface area contributed by atoms with Gasteiger partial charge in [0.05, 0.1) is 6.10 Å². The van der Waals surface area contributed by atoms with Crippen molar-refractivity contribution in [1.82, 2.24) is 5.09 Å². The first-order valence-electron chi connectivity index (χ1n) is 9.78. The lowest BCUT2D eigenvalue weighted by Crippen LogP contribution is -2.34. The van der Waals surface area contributed by atoms with Crippen LogP contribution in [0.15, 0.2) is 18.2 Å². The fourth-order valence-electron chi connectivity index (χ4n) is 2.63. The number of esters is 1. The average molecular weight is 413 g/mol. The minimum atomic E-state index is -1.20. The molecule has 0 aliphatic heterocycles. The predicted molar refractivity (Wildman–Crippen MR) is 114 cm³/mol. The van der Waals surface area contributed by atoms with Gasteiger partial charge in [0.15, 0.2) is 6.79 Å². The highest BCUT2D eigenvalue weighted by molar-refractivity contribution is 7.50. The number of ether oxygens (including phenoxy) is 3. The number of rotatable bonds is 12. The van der Waals surface area contributed by atoms with Gasteiger partial charge in [0.1, 0.15) is 26.4 Å². The van der Waals surface area contributed by atoms with Crippen molar-refractivity contribution in [3.05, 3.63) is 29.3 Å². The molecule has 0 amide bonds. The second-order valence-corrected chi connectivity index (χ2v) is 9.13. The van der Waals surface area contributed by atoms with E-state index >= 15 is 0 Å². The van der Waals surface area contributed by atoms with Crippen molar-refractivity contribution in [3.8, 4) is 5.75 Å². The Labute approximate surface area is 171 Å². The van der Waals surface area contributed by atoms with Crippen LogP contribution in [0.25, 0.3) is 0 Å². The van der Waals surface area contributed by atoms with Gasteiger partial charge < -0.3 is 18.7 Å². The molecule has 0 spiro atoms. The van der Waals surface area contributed by atoms with Crippen molar-refractivity contribution in [2.24, 2.45) is 0 Å². The Balaban J connectivity index is 2.76. The Morgan fingerprint density at radius 2 is 1.61 bits per heavy atom. The van der Waals surface area contributed by atoms with Gasteiger partial charge in [-0.3, -0.25) is 9.88 Å². The molecule has 0 fully saturated rings. The molecule has 0 bridgehead atoms. The van der Waals surface area contributed by atoms with Gasteiger partial charge in [-0.05, 0) is 43.7 Å². The summed E-state index contributed by atoms with van der Waals surface area (Å²) in [4.78, 5) is 12.0. The third-order valence-corrected chi connectivity index (χ3v) is 5.61. The zero-order chi connectivity index (χ0) is 21.3. The van der Waals surface area contributed by atoms with Crippen LogP contribution < -0.4 is 9.82 Å². The van der Waals surface area contributed by atoms with Crippen LogP contribution in [0, 0.1) is 0 Å². The number of benzene rings is 1. The normalized spacial score (nSPS) is 13.8. The van der Waals surface area contributed by atoms with Crippen LogP contribution in [0.5, 0.6) is 5.75 Å². The first-order valence-corrected chi connectivity index (χ1v) is 11.2. The smallest absolute Gasteiger partial charge is 0.323 e. The molecule has 0 heterocycles. The second-order valence-electron chi connectivity index (χ2n) is 7.60. The van der Waals surface area contributed by atoms with Gasteiger partial charge in [-0.15, -0.1) is 0 Å². The lowest BCUT2D eigenvalue weighted by atomic mass is 9.94. The molecule has 0 aliphatic carbocycles. The maximum absolute atomic E-state index is 12.0. The molecule has 1 aromatic carbocycles. The molecule has 1 rings (SSSR count). The minimum absolute atomic E-state index is 0.0808. The summed E-state index contributed by atoms with van der Waals surface area (Å²) >= 11 is 0. The zero-order valence-corrected chi connectivity index (χ0v) is 19.3. The Morgan fingerprint density at radius 1 is 1.04 bits per heavy atom. The lowest BCUT2D eigenvalue weighted by molar-refractivity contribution is -0.149. The van der Waals surface area contributed by atoms with E-state index in [1.165, 1.54) is 0 Å². The molecule has 1 aromatic rings. The van der Waals surface area contributed by atoms with Gasteiger partial charge in [-0.2, -0.15) is 0 Å². The molecule has 0 saturated carbocycles. The van der Waals surface area contributed by atoms with Crippen molar-refractivity contribution in [2.75, 3.05) is 20.3 Å². The maximum atomic E-state index is 12.0. The molecule has 0 aromatic heterocycles. The predicted octanol–water partition coefficient (Wildman–Crippen LogP) is 5.13. The van der Waals surface area contributed by atoms with Crippen LogP contribution in [-0.2, 0) is 18.8 Å². The van der Waals surface area contributed by atoms with E-state index in [-0.39, 0.29) is 18.9 Å². The van der Waals surface area contributed by atoms with Crippen molar-refractivity contribution >= 4 is 14.3 Å². The summed E-state index contributed by atoms with van der Waals surface area (Å²) in [6, 6.07) is 5.76. The Kier molecular flexibility index (Phi) is 11.0. The van der Waals surface area contributed by atoms with E-state index in [2.05, 4.69) is 51.0 Å². The molecule has 2 unspecified atom stereocenters. The molecular formula is C21H36NO5P. The summed E-state index contributed by atoms with van der Waals surface area (Å²) < 4.78 is 22.4. The van der Waals surface area contributed by atoms with Gasteiger partial charge in [-0.1, -0.05) is 45.9 Å². The largest absolute Gasteiger partial charge is 0.467 e. The van der Waals surface area contributed by atoms with E-state index in [1.54, 1.807) is 14.0 Å². The summed E-state index contributed by atoms with van der Waals surface area (Å²) in [6.07, 6.45) is 0.192. The van der Waals surface area contributed by atoms with E-state index < -0.39 is 14.3 Å². The Bertz CT molecular complexity index is 580. The van der Waals surface area contributed by atoms with Crippen LogP contribution in [0.4, 0.5) is 0 Å².